The van der Waals surface area contributed by atoms with Crippen molar-refractivity contribution in [3.63, 3.8) is 0 Å². The summed E-state index contributed by atoms with van der Waals surface area (Å²) < 4.78 is 0. The largest absolute Gasteiger partial charge is 0.396 e. The van der Waals surface area contributed by atoms with E-state index in [9.17, 15) is 15.0 Å². The molecular weight excluding hydrogens is 324 g/mol. The third-order valence-corrected chi connectivity index (χ3v) is 9.00. The van der Waals surface area contributed by atoms with Crippen molar-refractivity contribution in [3.05, 3.63) is 23.8 Å². The van der Waals surface area contributed by atoms with E-state index in [1.807, 2.05) is 6.08 Å². The Morgan fingerprint density at radius 3 is 2.65 bits per heavy atom. The monoisotopic (exact) mass is 358 g/mol. The highest BCUT2D eigenvalue weighted by Crippen LogP contribution is 2.68. The highest BCUT2D eigenvalue weighted by atomic mass is 16.3. The lowest BCUT2D eigenvalue weighted by molar-refractivity contribution is -0.130. The maximum atomic E-state index is 12.0. The Balaban J connectivity index is 1.67. The number of hydrogen-bond donors (Lipinski definition) is 2. The van der Waals surface area contributed by atoms with Crippen LogP contribution in [0.5, 0.6) is 0 Å². The summed E-state index contributed by atoms with van der Waals surface area (Å²) in [5.74, 6) is 1.96. The van der Waals surface area contributed by atoms with E-state index in [-0.39, 0.29) is 23.2 Å². The zero-order chi connectivity index (χ0) is 18.7. The Labute approximate surface area is 157 Å². The molecule has 4 rings (SSSR count). The van der Waals surface area contributed by atoms with E-state index in [1.54, 1.807) is 0 Å². The van der Waals surface area contributed by atoms with Crippen molar-refractivity contribution in [1.29, 1.82) is 0 Å². The van der Waals surface area contributed by atoms with Crippen molar-refractivity contribution in [2.75, 3.05) is 6.61 Å². The molecule has 3 saturated carbocycles. The highest BCUT2D eigenvalue weighted by Gasteiger charge is 2.63. The first-order valence-corrected chi connectivity index (χ1v) is 10.5. The molecule has 0 radical (unpaired) electrons. The van der Waals surface area contributed by atoms with E-state index in [0.29, 0.717) is 37.0 Å². The summed E-state index contributed by atoms with van der Waals surface area (Å²) in [6.07, 6.45) is 10.0. The van der Waals surface area contributed by atoms with Gasteiger partial charge >= 0.3 is 0 Å². The van der Waals surface area contributed by atoms with E-state index >= 15 is 0 Å². The van der Waals surface area contributed by atoms with Gasteiger partial charge in [0.2, 0.25) is 0 Å². The quantitative estimate of drug-likeness (QED) is 0.795. The number of allylic oxidation sites excluding steroid dienone is 2. The van der Waals surface area contributed by atoms with Gasteiger partial charge in [0.05, 0.1) is 5.60 Å². The molecule has 0 spiro atoms. The van der Waals surface area contributed by atoms with Gasteiger partial charge in [-0.2, -0.15) is 0 Å². The predicted molar refractivity (Wildman–Crippen MR) is 103 cm³/mol. The fourth-order valence-corrected chi connectivity index (χ4v) is 7.46. The molecule has 0 aromatic carbocycles. The third-order valence-electron chi connectivity index (χ3n) is 9.00. The topological polar surface area (TPSA) is 57.5 Å². The van der Waals surface area contributed by atoms with Gasteiger partial charge in [0.15, 0.2) is 5.78 Å². The van der Waals surface area contributed by atoms with E-state index in [0.717, 1.165) is 44.1 Å². The van der Waals surface area contributed by atoms with Crippen LogP contribution in [-0.4, -0.2) is 28.2 Å². The molecule has 3 heteroatoms. The molecule has 0 aliphatic heterocycles. The molecule has 3 fully saturated rings. The van der Waals surface area contributed by atoms with Crippen molar-refractivity contribution in [3.8, 4) is 0 Å². The lowest BCUT2D eigenvalue weighted by atomic mass is 9.45. The van der Waals surface area contributed by atoms with Crippen molar-refractivity contribution >= 4 is 5.78 Å². The average molecular weight is 359 g/mol. The minimum Gasteiger partial charge on any atom is -0.396 e. The maximum Gasteiger partial charge on any atom is 0.156 e. The van der Waals surface area contributed by atoms with Crippen LogP contribution in [0, 0.1) is 28.6 Å². The number of hydrogen-bond acceptors (Lipinski definition) is 3. The number of carbonyl (C=O) groups excluding carboxylic acids is 1. The number of rotatable bonds is 3. The molecule has 3 nitrogen and oxygen atoms in total. The van der Waals surface area contributed by atoms with Crippen LogP contribution in [0.15, 0.2) is 23.8 Å². The Hall–Kier alpha value is -0.930. The van der Waals surface area contributed by atoms with Crippen LogP contribution in [0.1, 0.15) is 71.6 Å². The summed E-state index contributed by atoms with van der Waals surface area (Å²) in [6, 6.07) is 0. The van der Waals surface area contributed by atoms with Crippen LogP contribution < -0.4 is 0 Å². The Morgan fingerprint density at radius 1 is 1.19 bits per heavy atom. The van der Waals surface area contributed by atoms with E-state index in [2.05, 4.69) is 20.4 Å². The second-order valence-electron chi connectivity index (χ2n) is 9.98. The summed E-state index contributed by atoms with van der Waals surface area (Å²) in [5.41, 5.74) is 1.79. The van der Waals surface area contributed by atoms with Crippen molar-refractivity contribution in [2.45, 2.75) is 77.2 Å². The lowest BCUT2D eigenvalue weighted by Crippen LogP contribution is -2.55. The van der Waals surface area contributed by atoms with Crippen molar-refractivity contribution in [2.24, 2.45) is 28.6 Å². The number of carbonyl (C=O) groups is 1. The van der Waals surface area contributed by atoms with Gasteiger partial charge < -0.3 is 10.2 Å². The summed E-state index contributed by atoms with van der Waals surface area (Å²) in [7, 11) is 0. The summed E-state index contributed by atoms with van der Waals surface area (Å²) >= 11 is 0. The molecule has 4 aliphatic rings. The minimum absolute atomic E-state index is 0.0499. The molecule has 6 atom stereocenters. The molecule has 0 amide bonds. The fraction of sp³-hybridized carbons (Fsp3) is 0.783. The van der Waals surface area contributed by atoms with Gasteiger partial charge in [-0.25, -0.2) is 0 Å². The maximum absolute atomic E-state index is 12.0. The van der Waals surface area contributed by atoms with Gasteiger partial charge in [0.1, 0.15) is 0 Å². The molecule has 0 heterocycles. The van der Waals surface area contributed by atoms with Gasteiger partial charge in [-0.3, -0.25) is 4.79 Å². The van der Waals surface area contributed by atoms with E-state index < -0.39 is 5.60 Å². The molecule has 2 N–H and O–H groups in total. The second-order valence-corrected chi connectivity index (χ2v) is 9.98. The van der Waals surface area contributed by atoms with Crippen molar-refractivity contribution < 1.29 is 15.0 Å². The van der Waals surface area contributed by atoms with Gasteiger partial charge in [-0.1, -0.05) is 26.0 Å². The zero-order valence-electron chi connectivity index (χ0n) is 16.4. The summed E-state index contributed by atoms with van der Waals surface area (Å²) in [6.45, 7) is 9.20. The normalized spacial score (nSPS) is 47.8. The minimum atomic E-state index is -0.633. The van der Waals surface area contributed by atoms with Gasteiger partial charge in [0.25, 0.3) is 0 Å². The van der Waals surface area contributed by atoms with Crippen LogP contribution in [0.3, 0.4) is 0 Å². The van der Waals surface area contributed by atoms with Crippen LogP contribution >= 0.6 is 0 Å². The first kappa shape index (κ1) is 18.4. The van der Waals surface area contributed by atoms with E-state index in [1.165, 1.54) is 5.57 Å². The first-order chi connectivity index (χ1) is 12.2. The highest BCUT2D eigenvalue weighted by molar-refractivity contribution is 5.92. The Morgan fingerprint density at radius 2 is 1.92 bits per heavy atom. The first-order valence-electron chi connectivity index (χ1n) is 10.5. The van der Waals surface area contributed by atoms with Gasteiger partial charge in [0, 0.05) is 13.0 Å². The van der Waals surface area contributed by atoms with Crippen LogP contribution in [0.4, 0.5) is 0 Å². The Kier molecular flexibility index (Phi) is 4.28. The average Bonchev–Trinajstić information content (AvgIpc) is 2.87. The molecule has 0 aromatic rings. The van der Waals surface area contributed by atoms with Crippen LogP contribution in [-0.2, 0) is 4.79 Å². The van der Waals surface area contributed by atoms with Gasteiger partial charge in [-0.05, 0) is 91.6 Å². The molecule has 144 valence electrons. The smallest absolute Gasteiger partial charge is 0.156 e. The fourth-order valence-electron chi connectivity index (χ4n) is 7.46. The third kappa shape index (κ3) is 2.36. The number of ketones is 1. The van der Waals surface area contributed by atoms with Crippen molar-refractivity contribution in [1.82, 2.24) is 0 Å². The number of fused-ring (bicyclic) bond motifs is 5. The molecule has 26 heavy (non-hydrogen) atoms. The lowest BCUT2D eigenvalue weighted by Gasteiger charge is -2.59. The van der Waals surface area contributed by atoms with Crippen LogP contribution in [0.25, 0.3) is 0 Å². The molecule has 0 unspecified atom stereocenters. The molecule has 0 bridgehead atoms. The second kappa shape index (κ2) is 6.04. The number of aliphatic hydroxyl groups is 2. The zero-order valence-corrected chi connectivity index (χ0v) is 16.4. The van der Waals surface area contributed by atoms with Crippen LogP contribution in [0.2, 0.25) is 0 Å². The molecule has 4 aliphatic carbocycles. The summed E-state index contributed by atoms with van der Waals surface area (Å²) in [5, 5.41) is 20.7. The predicted octanol–water partition coefficient (Wildman–Crippen LogP) is 4.19. The summed E-state index contributed by atoms with van der Waals surface area (Å²) in [4.78, 5) is 12.0. The molecule has 0 saturated heterocycles. The molecule has 0 aromatic heterocycles. The standard InChI is InChI=1S/C23H34O3/c1-15-13-17-18(21(2)9-5-16(25)14-20(15)21)6-10-22(3)19(17)7-11-23(22,26)8-4-12-24/h14,17-19,24,26H,1,4-13H2,2-3H3/t17-,18+,19+,21-,22+,23+/m1/s1. The van der Waals surface area contributed by atoms with E-state index in [4.69, 9.17) is 0 Å². The SMILES string of the molecule is C=C1C[C@@H]2[C@H](CC[C@@]3(C)[C@H]2CC[C@@]3(O)CCCO)[C@@]2(C)CCC(=O)C=C12. The Bertz CT molecular complexity index is 664. The van der Waals surface area contributed by atoms with Gasteiger partial charge in [-0.15, -0.1) is 0 Å². The molecular formula is C23H34O3. The number of aliphatic hydroxyl groups excluding tert-OH is 1.